The van der Waals surface area contributed by atoms with E-state index < -0.39 is 0 Å². The summed E-state index contributed by atoms with van der Waals surface area (Å²) in [7, 11) is 2.11. The lowest BCUT2D eigenvalue weighted by atomic mass is 10.2. The van der Waals surface area contributed by atoms with Crippen molar-refractivity contribution in [1.29, 1.82) is 0 Å². The summed E-state index contributed by atoms with van der Waals surface area (Å²) in [4.78, 5) is 2.23. The Hall–Kier alpha value is -0.660. The highest BCUT2D eigenvalue weighted by Gasteiger charge is 2.09. The van der Waals surface area contributed by atoms with Crippen LogP contribution in [0.5, 0.6) is 0 Å². The van der Waals surface area contributed by atoms with E-state index in [2.05, 4.69) is 37.3 Å². The lowest BCUT2D eigenvalue weighted by Crippen LogP contribution is -2.39. The molecule has 1 aliphatic rings. The predicted octanol–water partition coefficient (Wildman–Crippen LogP) is 0.771. The standard InChI is InChI=1S/C7H14N2/c1-6-5-9(3)7(2)4-8-6/h5,7-8H,4H2,1-3H3. The summed E-state index contributed by atoms with van der Waals surface area (Å²) < 4.78 is 0. The van der Waals surface area contributed by atoms with E-state index in [1.807, 2.05) is 0 Å². The van der Waals surface area contributed by atoms with Crippen LogP contribution in [0, 0.1) is 0 Å². The fourth-order valence-corrected chi connectivity index (χ4v) is 0.931. The third-order valence-electron chi connectivity index (χ3n) is 1.77. The van der Waals surface area contributed by atoms with Crippen LogP contribution in [0.25, 0.3) is 0 Å². The molecule has 52 valence electrons. The van der Waals surface area contributed by atoms with Crippen LogP contribution in [-0.4, -0.2) is 24.5 Å². The quantitative estimate of drug-likeness (QED) is 0.516. The van der Waals surface area contributed by atoms with Gasteiger partial charge in [-0.05, 0) is 13.8 Å². The Morgan fingerprint density at radius 1 is 1.78 bits per heavy atom. The van der Waals surface area contributed by atoms with Gasteiger partial charge >= 0.3 is 0 Å². The largest absolute Gasteiger partial charge is 0.385 e. The average molecular weight is 126 g/mol. The second-order valence-corrected chi connectivity index (χ2v) is 2.71. The van der Waals surface area contributed by atoms with Gasteiger partial charge in [-0.2, -0.15) is 0 Å². The number of nitrogens with one attached hydrogen (secondary N) is 1. The molecule has 0 aromatic carbocycles. The van der Waals surface area contributed by atoms with Crippen LogP contribution < -0.4 is 5.32 Å². The van der Waals surface area contributed by atoms with Crippen LogP contribution in [0.1, 0.15) is 13.8 Å². The van der Waals surface area contributed by atoms with Gasteiger partial charge in [-0.25, -0.2) is 0 Å². The van der Waals surface area contributed by atoms with Gasteiger partial charge in [0.05, 0.1) is 0 Å². The van der Waals surface area contributed by atoms with E-state index in [0.29, 0.717) is 6.04 Å². The minimum Gasteiger partial charge on any atom is -0.385 e. The topological polar surface area (TPSA) is 15.3 Å². The zero-order valence-corrected chi connectivity index (χ0v) is 6.31. The molecule has 1 aliphatic heterocycles. The Morgan fingerprint density at radius 2 is 2.44 bits per heavy atom. The van der Waals surface area contributed by atoms with Gasteiger partial charge in [-0.1, -0.05) is 0 Å². The lowest BCUT2D eigenvalue weighted by molar-refractivity contribution is 0.319. The molecular formula is C7H14N2. The van der Waals surface area contributed by atoms with Gasteiger partial charge in [-0.15, -0.1) is 0 Å². The van der Waals surface area contributed by atoms with Crippen molar-refractivity contribution in [3.63, 3.8) is 0 Å². The van der Waals surface area contributed by atoms with Gasteiger partial charge in [0, 0.05) is 31.5 Å². The summed E-state index contributed by atoms with van der Waals surface area (Å²) in [6, 6.07) is 0.633. The smallest absolute Gasteiger partial charge is 0.0426 e. The summed E-state index contributed by atoms with van der Waals surface area (Å²) in [6.07, 6.45) is 2.13. The Labute approximate surface area is 56.5 Å². The Kier molecular flexibility index (Phi) is 1.65. The number of hydrogen-bond acceptors (Lipinski definition) is 2. The molecule has 0 aliphatic carbocycles. The van der Waals surface area contributed by atoms with E-state index >= 15 is 0 Å². The molecule has 9 heavy (non-hydrogen) atoms. The highest BCUT2D eigenvalue weighted by Crippen LogP contribution is 2.03. The molecule has 1 atom stereocenters. The van der Waals surface area contributed by atoms with Crippen LogP contribution in [0.15, 0.2) is 11.9 Å². The summed E-state index contributed by atoms with van der Waals surface area (Å²) in [5.74, 6) is 0. The minimum atomic E-state index is 0.633. The molecule has 0 saturated carbocycles. The van der Waals surface area contributed by atoms with E-state index in [1.165, 1.54) is 5.70 Å². The van der Waals surface area contributed by atoms with Crippen LogP contribution in [0.3, 0.4) is 0 Å². The SMILES string of the molecule is CC1=CN(C)C(C)CN1. The van der Waals surface area contributed by atoms with Crippen molar-refractivity contribution in [3.05, 3.63) is 11.9 Å². The molecular weight excluding hydrogens is 112 g/mol. The molecule has 0 amide bonds. The van der Waals surface area contributed by atoms with Crippen LogP contribution in [0.2, 0.25) is 0 Å². The molecule has 0 spiro atoms. The first kappa shape index (κ1) is 6.46. The maximum Gasteiger partial charge on any atom is 0.0426 e. The van der Waals surface area contributed by atoms with E-state index in [0.717, 1.165) is 6.54 Å². The molecule has 1 N–H and O–H groups in total. The summed E-state index contributed by atoms with van der Waals surface area (Å²) in [5.41, 5.74) is 1.26. The molecule has 2 heteroatoms. The van der Waals surface area contributed by atoms with Crippen molar-refractivity contribution >= 4 is 0 Å². The van der Waals surface area contributed by atoms with E-state index in [1.54, 1.807) is 0 Å². The predicted molar refractivity (Wildman–Crippen MR) is 39.0 cm³/mol. The van der Waals surface area contributed by atoms with Crippen LogP contribution >= 0.6 is 0 Å². The number of hydrogen-bond donors (Lipinski definition) is 1. The van der Waals surface area contributed by atoms with E-state index in [9.17, 15) is 0 Å². The first-order chi connectivity index (χ1) is 4.20. The fraction of sp³-hybridized carbons (Fsp3) is 0.714. The van der Waals surface area contributed by atoms with Gasteiger partial charge in [0.1, 0.15) is 0 Å². The molecule has 0 radical (unpaired) electrons. The van der Waals surface area contributed by atoms with Gasteiger partial charge < -0.3 is 10.2 Å². The molecule has 1 rings (SSSR count). The van der Waals surface area contributed by atoms with Crippen molar-refractivity contribution in [1.82, 2.24) is 10.2 Å². The van der Waals surface area contributed by atoms with Crippen LogP contribution in [-0.2, 0) is 0 Å². The lowest BCUT2D eigenvalue weighted by Gasteiger charge is -2.29. The summed E-state index contributed by atoms with van der Waals surface area (Å²) in [6.45, 7) is 5.36. The third kappa shape index (κ3) is 1.37. The highest BCUT2D eigenvalue weighted by molar-refractivity contribution is 5.00. The number of rotatable bonds is 0. The monoisotopic (exact) mass is 126 g/mol. The Morgan fingerprint density at radius 3 is 2.89 bits per heavy atom. The number of nitrogens with zero attached hydrogens (tertiary/aromatic N) is 1. The van der Waals surface area contributed by atoms with E-state index in [-0.39, 0.29) is 0 Å². The van der Waals surface area contributed by atoms with Crippen molar-refractivity contribution in [2.75, 3.05) is 13.6 Å². The maximum atomic E-state index is 3.28. The summed E-state index contributed by atoms with van der Waals surface area (Å²) >= 11 is 0. The molecule has 0 aromatic rings. The third-order valence-corrected chi connectivity index (χ3v) is 1.77. The molecule has 0 bridgehead atoms. The minimum absolute atomic E-state index is 0.633. The van der Waals surface area contributed by atoms with Gasteiger partial charge in [0.2, 0.25) is 0 Å². The van der Waals surface area contributed by atoms with Gasteiger partial charge in [-0.3, -0.25) is 0 Å². The molecule has 0 saturated heterocycles. The molecule has 1 heterocycles. The first-order valence-corrected chi connectivity index (χ1v) is 3.34. The number of likely N-dealkylation sites (N-methyl/N-ethyl adjacent to an activating group) is 1. The van der Waals surface area contributed by atoms with Crippen molar-refractivity contribution < 1.29 is 0 Å². The molecule has 0 aromatic heterocycles. The molecule has 2 nitrogen and oxygen atoms in total. The molecule has 0 fully saturated rings. The zero-order chi connectivity index (χ0) is 6.85. The van der Waals surface area contributed by atoms with Gasteiger partial charge in [0.25, 0.3) is 0 Å². The van der Waals surface area contributed by atoms with Crippen LogP contribution in [0.4, 0.5) is 0 Å². The average Bonchev–Trinajstić information content (AvgIpc) is 1.80. The fourth-order valence-electron chi connectivity index (χ4n) is 0.931. The van der Waals surface area contributed by atoms with Gasteiger partial charge in [0.15, 0.2) is 0 Å². The highest BCUT2D eigenvalue weighted by atomic mass is 15.2. The normalized spacial score (nSPS) is 27.2. The van der Waals surface area contributed by atoms with Crippen molar-refractivity contribution in [2.45, 2.75) is 19.9 Å². The maximum absolute atomic E-state index is 3.28. The summed E-state index contributed by atoms with van der Waals surface area (Å²) in [5, 5.41) is 3.28. The van der Waals surface area contributed by atoms with Crippen molar-refractivity contribution in [2.24, 2.45) is 0 Å². The van der Waals surface area contributed by atoms with E-state index in [4.69, 9.17) is 0 Å². The second kappa shape index (κ2) is 2.29. The molecule has 1 unspecified atom stereocenters. The first-order valence-electron chi connectivity index (χ1n) is 3.34. The van der Waals surface area contributed by atoms with Crippen molar-refractivity contribution in [3.8, 4) is 0 Å². The number of allylic oxidation sites excluding steroid dienone is 1. The Balaban J connectivity index is 2.58. The second-order valence-electron chi connectivity index (χ2n) is 2.71. The Bertz CT molecular complexity index is 129. The zero-order valence-electron chi connectivity index (χ0n) is 6.31.